The molecule has 2 aromatic carbocycles. The van der Waals surface area contributed by atoms with Crippen molar-refractivity contribution in [1.82, 2.24) is 29.7 Å². The molecule has 0 aliphatic carbocycles. The van der Waals surface area contributed by atoms with Crippen LogP contribution in [0.15, 0.2) is 36.4 Å². The van der Waals surface area contributed by atoms with Crippen LogP contribution in [-0.4, -0.2) is 66.8 Å². The van der Waals surface area contributed by atoms with Crippen molar-refractivity contribution in [2.24, 2.45) is 0 Å². The van der Waals surface area contributed by atoms with E-state index < -0.39 is 9.85 Å². The molecule has 4 rings (SSSR count). The SMILES string of the molecule is CN(CCCCCCCN(C)Cc1nc2cc([N+](=O)[O-])ccc2[nH]1)Cc1nc2cc([N+](=O)[O-])ccc2[nH]1. The predicted molar refractivity (Wildman–Crippen MR) is 141 cm³/mol. The Labute approximate surface area is 214 Å². The van der Waals surface area contributed by atoms with Crippen LogP contribution in [-0.2, 0) is 13.1 Å². The number of H-pyrrole nitrogens is 2. The Balaban J connectivity index is 1.10. The molecule has 0 saturated carbocycles. The maximum Gasteiger partial charge on any atom is 0.271 e. The summed E-state index contributed by atoms with van der Waals surface area (Å²) in [6.45, 7) is 3.26. The average molecular weight is 509 g/mol. The minimum absolute atomic E-state index is 0.0490. The van der Waals surface area contributed by atoms with E-state index in [1.54, 1.807) is 12.1 Å². The van der Waals surface area contributed by atoms with E-state index in [0.717, 1.165) is 61.5 Å². The summed E-state index contributed by atoms with van der Waals surface area (Å²) in [5, 5.41) is 21.9. The molecular weight excluding hydrogens is 476 g/mol. The van der Waals surface area contributed by atoms with Gasteiger partial charge in [0.1, 0.15) is 11.6 Å². The first-order valence-corrected chi connectivity index (χ1v) is 12.4. The van der Waals surface area contributed by atoms with E-state index >= 15 is 0 Å². The highest BCUT2D eigenvalue weighted by atomic mass is 16.6. The maximum atomic E-state index is 10.9. The van der Waals surface area contributed by atoms with Crippen molar-refractivity contribution in [1.29, 1.82) is 0 Å². The standard InChI is InChI=1S/C25H32N8O4/c1-30(16-24-26-20-10-8-18(32(34)35)14-22(20)28-24)12-6-4-3-5-7-13-31(2)17-25-27-21-11-9-19(33(36)37)15-23(21)29-25/h8-11,14-15H,3-7,12-13,16-17H2,1-2H3,(H,26,28)(H,27,29). The lowest BCUT2D eigenvalue weighted by Crippen LogP contribution is -2.20. The lowest BCUT2D eigenvalue weighted by Gasteiger charge is -2.16. The largest absolute Gasteiger partial charge is 0.341 e. The number of non-ortho nitro benzene ring substituents is 2. The van der Waals surface area contributed by atoms with E-state index in [0.29, 0.717) is 24.1 Å². The minimum atomic E-state index is -0.407. The second-order valence-corrected chi connectivity index (χ2v) is 9.53. The number of aromatic amines is 2. The van der Waals surface area contributed by atoms with Gasteiger partial charge in [-0.1, -0.05) is 19.3 Å². The van der Waals surface area contributed by atoms with Crippen LogP contribution in [0, 0.1) is 20.2 Å². The molecule has 0 amide bonds. The predicted octanol–water partition coefficient (Wildman–Crippen LogP) is 4.77. The Kier molecular flexibility index (Phi) is 8.41. The fourth-order valence-electron chi connectivity index (χ4n) is 4.43. The smallest absolute Gasteiger partial charge is 0.271 e. The number of benzene rings is 2. The molecule has 37 heavy (non-hydrogen) atoms. The Morgan fingerprint density at radius 3 is 1.51 bits per heavy atom. The van der Waals surface area contributed by atoms with Crippen molar-refractivity contribution in [2.45, 2.75) is 45.2 Å². The second kappa shape index (κ2) is 11.9. The maximum absolute atomic E-state index is 10.9. The molecule has 0 atom stereocenters. The van der Waals surface area contributed by atoms with E-state index in [9.17, 15) is 20.2 Å². The highest BCUT2D eigenvalue weighted by Crippen LogP contribution is 2.20. The van der Waals surface area contributed by atoms with Crippen LogP contribution >= 0.6 is 0 Å². The first-order valence-electron chi connectivity index (χ1n) is 12.4. The third-order valence-electron chi connectivity index (χ3n) is 6.37. The lowest BCUT2D eigenvalue weighted by atomic mass is 10.1. The summed E-state index contributed by atoms with van der Waals surface area (Å²) in [6, 6.07) is 9.37. The van der Waals surface area contributed by atoms with Crippen LogP contribution in [0.25, 0.3) is 22.1 Å². The topological polar surface area (TPSA) is 150 Å². The van der Waals surface area contributed by atoms with Crippen molar-refractivity contribution in [3.8, 4) is 0 Å². The average Bonchev–Trinajstić information content (AvgIpc) is 3.44. The van der Waals surface area contributed by atoms with Crippen molar-refractivity contribution < 1.29 is 9.85 Å². The van der Waals surface area contributed by atoms with Crippen LogP contribution in [0.1, 0.15) is 43.8 Å². The molecule has 2 N–H and O–H groups in total. The quantitative estimate of drug-likeness (QED) is 0.140. The van der Waals surface area contributed by atoms with Gasteiger partial charge in [0.15, 0.2) is 0 Å². The van der Waals surface area contributed by atoms with Gasteiger partial charge < -0.3 is 9.97 Å². The lowest BCUT2D eigenvalue weighted by molar-refractivity contribution is -0.384. The number of rotatable bonds is 14. The first kappa shape index (κ1) is 26.2. The molecule has 12 heteroatoms. The Hall–Kier alpha value is -3.90. The number of aromatic nitrogens is 4. The highest BCUT2D eigenvalue weighted by molar-refractivity contribution is 5.78. The van der Waals surface area contributed by atoms with E-state index in [2.05, 4.69) is 43.8 Å². The van der Waals surface area contributed by atoms with Gasteiger partial charge in [0.2, 0.25) is 0 Å². The normalized spacial score (nSPS) is 11.8. The zero-order chi connectivity index (χ0) is 26.4. The summed E-state index contributed by atoms with van der Waals surface area (Å²) in [6.07, 6.45) is 5.68. The zero-order valence-corrected chi connectivity index (χ0v) is 21.1. The molecule has 0 spiro atoms. The van der Waals surface area contributed by atoms with Crippen LogP contribution in [0.5, 0.6) is 0 Å². The number of unbranched alkanes of at least 4 members (excludes halogenated alkanes) is 4. The van der Waals surface area contributed by atoms with E-state index in [1.807, 2.05) is 0 Å². The summed E-state index contributed by atoms with van der Waals surface area (Å²) >= 11 is 0. The van der Waals surface area contributed by atoms with E-state index in [1.165, 1.54) is 30.7 Å². The molecule has 0 radical (unpaired) electrons. The van der Waals surface area contributed by atoms with Gasteiger partial charge in [-0.2, -0.15) is 0 Å². The summed E-state index contributed by atoms with van der Waals surface area (Å²) in [7, 11) is 4.11. The molecule has 2 aromatic heterocycles. The summed E-state index contributed by atoms with van der Waals surface area (Å²) in [4.78, 5) is 41.0. The van der Waals surface area contributed by atoms with Crippen LogP contribution in [0.4, 0.5) is 11.4 Å². The second-order valence-electron chi connectivity index (χ2n) is 9.53. The molecule has 2 heterocycles. The summed E-state index contributed by atoms with van der Waals surface area (Å²) in [5.74, 6) is 1.62. The Morgan fingerprint density at radius 1 is 0.703 bits per heavy atom. The van der Waals surface area contributed by atoms with Gasteiger partial charge in [0, 0.05) is 24.3 Å². The van der Waals surface area contributed by atoms with Gasteiger partial charge in [-0.3, -0.25) is 30.0 Å². The number of nitrogens with one attached hydrogen (secondary N) is 2. The molecule has 0 unspecified atom stereocenters. The van der Waals surface area contributed by atoms with Gasteiger partial charge in [-0.15, -0.1) is 0 Å². The third-order valence-corrected chi connectivity index (χ3v) is 6.37. The number of nitrogens with zero attached hydrogens (tertiary/aromatic N) is 6. The summed E-state index contributed by atoms with van der Waals surface area (Å²) < 4.78 is 0. The van der Waals surface area contributed by atoms with E-state index in [-0.39, 0.29) is 11.4 Å². The molecule has 4 aromatic rings. The van der Waals surface area contributed by atoms with Gasteiger partial charge >= 0.3 is 0 Å². The van der Waals surface area contributed by atoms with Crippen LogP contribution in [0.3, 0.4) is 0 Å². The van der Waals surface area contributed by atoms with Crippen molar-refractivity contribution >= 4 is 33.4 Å². The van der Waals surface area contributed by atoms with Gasteiger partial charge in [-0.05, 0) is 52.2 Å². The third kappa shape index (κ3) is 7.08. The summed E-state index contributed by atoms with van der Waals surface area (Å²) in [5.41, 5.74) is 2.95. The van der Waals surface area contributed by atoms with Crippen molar-refractivity contribution in [3.63, 3.8) is 0 Å². The molecule has 0 fully saturated rings. The highest BCUT2D eigenvalue weighted by Gasteiger charge is 2.12. The molecule has 0 saturated heterocycles. The molecular formula is C25H32N8O4. The van der Waals surface area contributed by atoms with Crippen LogP contribution < -0.4 is 0 Å². The number of nitro groups is 2. The Bertz CT molecular complexity index is 1280. The zero-order valence-electron chi connectivity index (χ0n) is 21.1. The van der Waals surface area contributed by atoms with Gasteiger partial charge in [0.25, 0.3) is 11.4 Å². The van der Waals surface area contributed by atoms with Gasteiger partial charge in [0.05, 0.1) is 45.0 Å². The van der Waals surface area contributed by atoms with Crippen molar-refractivity contribution in [2.75, 3.05) is 27.2 Å². The number of fused-ring (bicyclic) bond motifs is 2. The Morgan fingerprint density at radius 2 is 1.11 bits per heavy atom. The minimum Gasteiger partial charge on any atom is -0.341 e. The van der Waals surface area contributed by atoms with E-state index in [4.69, 9.17) is 0 Å². The molecule has 12 nitrogen and oxygen atoms in total. The van der Waals surface area contributed by atoms with Crippen LogP contribution in [0.2, 0.25) is 0 Å². The number of hydrogen-bond acceptors (Lipinski definition) is 8. The first-order chi connectivity index (χ1) is 17.8. The number of hydrogen-bond donors (Lipinski definition) is 2. The monoisotopic (exact) mass is 508 g/mol. The molecule has 0 aliphatic heterocycles. The molecule has 0 bridgehead atoms. The fourth-order valence-corrected chi connectivity index (χ4v) is 4.43. The number of nitro benzene ring substituents is 2. The van der Waals surface area contributed by atoms with Crippen molar-refractivity contribution in [3.05, 3.63) is 68.3 Å². The number of imidazole rings is 2. The molecule has 0 aliphatic rings. The molecule has 196 valence electrons. The van der Waals surface area contributed by atoms with Gasteiger partial charge in [-0.25, -0.2) is 9.97 Å². The fraction of sp³-hybridized carbons (Fsp3) is 0.440.